The standard InChI is InChI=1S/C9H12NS/c1-3-6-10-7-4-5-9(8-10)11-2/h3-5,7-8H,1,6H2,2H3/q+1. The van der Waals surface area contributed by atoms with Crippen LogP contribution in [0.2, 0.25) is 0 Å². The van der Waals surface area contributed by atoms with Gasteiger partial charge in [-0.3, -0.25) is 0 Å². The first-order valence-corrected chi connectivity index (χ1v) is 4.73. The quantitative estimate of drug-likeness (QED) is 0.377. The summed E-state index contributed by atoms with van der Waals surface area (Å²) in [6, 6.07) is 4.15. The first-order chi connectivity index (χ1) is 5.36. The van der Waals surface area contributed by atoms with E-state index in [1.807, 2.05) is 12.3 Å². The van der Waals surface area contributed by atoms with E-state index in [0.29, 0.717) is 0 Å². The van der Waals surface area contributed by atoms with Crippen molar-refractivity contribution in [1.82, 2.24) is 0 Å². The molecule has 0 amide bonds. The Balaban J connectivity index is 2.82. The Morgan fingerprint density at radius 2 is 2.55 bits per heavy atom. The summed E-state index contributed by atoms with van der Waals surface area (Å²) in [7, 11) is 0. The molecule has 2 heteroatoms. The number of hydrogen-bond acceptors (Lipinski definition) is 1. The molecule has 11 heavy (non-hydrogen) atoms. The van der Waals surface area contributed by atoms with E-state index >= 15 is 0 Å². The van der Waals surface area contributed by atoms with Gasteiger partial charge in [-0.05, 0) is 18.4 Å². The van der Waals surface area contributed by atoms with Crippen LogP contribution in [0.15, 0.2) is 42.1 Å². The number of hydrogen-bond donors (Lipinski definition) is 0. The van der Waals surface area contributed by atoms with Crippen molar-refractivity contribution in [3.63, 3.8) is 0 Å². The molecule has 1 heterocycles. The Labute approximate surface area is 71.8 Å². The average Bonchev–Trinajstić information content (AvgIpc) is 2.06. The molecule has 0 saturated heterocycles. The first-order valence-electron chi connectivity index (χ1n) is 3.51. The van der Waals surface area contributed by atoms with Crippen LogP contribution in [0.25, 0.3) is 0 Å². The van der Waals surface area contributed by atoms with Crippen LogP contribution in [-0.2, 0) is 6.54 Å². The van der Waals surface area contributed by atoms with Gasteiger partial charge < -0.3 is 0 Å². The highest BCUT2D eigenvalue weighted by molar-refractivity contribution is 7.98. The molecule has 58 valence electrons. The molecular formula is C9H12NS+. The second-order valence-corrected chi connectivity index (χ2v) is 3.11. The smallest absolute Gasteiger partial charge is 0.182 e. The van der Waals surface area contributed by atoms with Crippen molar-refractivity contribution >= 4 is 11.8 Å². The third-order valence-corrected chi connectivity index (χ3v) is 2.12. The van der Waals surface area contributed by atoms with Crippen LogP contribution in [-0.4, -0.2) is 6.26 Å². The molecular weight excluding hydrogens is 154 g/mol. The van der Waals surface area contributed by atoms with Gasteiger partial charge in [-0.2, -0.15) is 0 Å². The Hall–Kier alpha value is -0.760. The van der Waals surface area contributed by atoms with Crippen molar-refractivity contribution in [2.45, 2.75) is 11.4 Å². The van der Waals surface area contributed by atoms with Gasteiger partial charge in [0, 0.05) is 6.07 Å². The van der Waals surface area contributed by atoms with Crippen molar-refractivity contribution in [2.75, 3.05) is 6.26 Å². The van der Waals surface area contributed by atoms with Crippen molar-refractivity contribution in [3.05, 3.63) is 37.2 Å². The molecule has 1 rings (SSSR count). The lowest BCUT2D eigenvalue weighted by atomic mass is 10.4. The van der Waals surface area contributed by atoms with Gasteiger partial charge in [0.2, 0.25) is 0 Å². The molecule has 1 nitrogen and oxygen atoms in total. The predicted octanol–water partition coefficient (Wildman–Crippen LogP) is 1.88. The van der Waals surface area contributed by atoms with Crippen LogP contribution in [0.3, 0.4) is 0 Å². The maximum atomic E-state index is 3.68. The number of allylic oxidation sites excluding steroid dienone is 1. The third kappa shape index (κ3) is 2.39. The number of pyridine rings is 1. The molecule has 0 fully saturated rings. The highest BCUT2D eigenvalue weighted by Gasteiger charge is 1.97. The van der Waals surface area contributed by atoms with Gasteiger partial charge in [0.15, 0.2) is 18.9 Å². The first kappa shape index (κ1) is 8.34. The van der Waals surface area contributed by atoms with E-state index < -0.39 is 0 Å². The Morgan fingerprint density at radius 3 is 3.18 bits per heavy atom. The van der Waals surface area contributed by atoms with Crippen LogP contribution >= 0.6 is 11.8 Å². The van der Waals surface area contributed by atoms with Gasteiger partial charge in [-0.1, -0.05) is 6.58 Å². The van der Waals surface area contributed by atoms with Crippen molar-refractivity contribution in [1.29, 1.82) is 0 Å². The lowest BCUT2D eigenvalue weighted by molar-refractivity contribution is -0.688. The lowest BCUT2D eigenvalue weighted by Crippen LogP contribution is -2.31. The molecule has 0 aliphatic heterocycles. The van der Waals surface area contributed by atoms with Crippen LogP contribution in [0.5, 0.6) is 0 Å². The summed E-state index contributed by atoms with van der Waals surface area (Å²) in [5, 5.41) is 0. The molecule has 0 spiro atoms. The maximum Gasteiger partial charge on any atom is 0.182 e. The number of nitrogens with zero attached hydrogens (tertiary/aromatic N) is 1. The van der Waals surface area contributed by atoms with Gasteiger partial charge in [0.1, 0.15) is 0 Å². The zero-order valence-electron chi connectivity index (χ0n) is 6.66. The molecule has 0 aliphatic carbocycles. The van der Waals surface area contributed by atoms with Crippen LogP contribution in [0, 0.1) is 0 Å². The predicted molar refractivity (Wildman–Crippen MR) is 48.6 cm³/mol. The second kappa shape index (κ2) is 4.19. The van der Waals surface area contributed by atoms with Gasteiger partial charge in [0.25, 0.3) is 0 Å². The molecule has 0 N–H and O–H groups in total. The highest BCUT2D eigenvalue weighted by Crippen LogP contribution is 2.09. The minimum atomic E-state index is 0.883. The molecule has 0 bridgehead atoms. The highest BCUT2D eigenvalue weighted by atomic mass is 32.2. The normalized spacial score (nSPS) is 9.55. The van der Waals surface area contributed by atoms with Crippen molar-refractivity contribution in [3.8, 4) is 0 Å². The van der Waals surface area contributed by atoms with Gasteiger partial charge in [-0.15, -0.1) is 11.8 Å². The van der Waals surface area contributed by atoms with Gasteiger partial charge in [-0.25, -0.2) is 4.57 Å². The molecule has 0 atom stereocenters. The molecule has 0 unspecified atom stereocenters. The Bertz CT molecular complexity index is 245. The summed E-state index contributed by atoms with van der Waals surface area (Å²) in [4.78, 5) is 1.29. The zero-order chi connectivity index (χ0) is 8.10. The molecule has 1 aromatic rings. The third-order valence-electron chi connectivity index (χ3n) is 1.41. The fourth-order valence-electron chi connectivity index (χ4n) is 0.881. The number of aromatic nitrogens is 1. The molecule has 0 radical (unpaired) electrons. The zero-order valence-corrected chi connectivity index (χ0v) is 7.47. The summed E-state index contributed by atoms with van der Waals surface area (Å²) < 4.78 is 2.11. The van der Waals surface area contributed by atoms with E-state index in [2.05, 4.69) is 35.7 Å². The fourth-order valence-corrected chi connectivity index (χ4v) is 1.34. The minimum Gasteiger partial charge on any atom is -0.200 e. The summed E-state index contributed by atoms with van der Waals surface area (Å²) >= 11 is 1.75. The van der Waals surface area contributed by atoms with Crippen LogP contribution < -0.4 is 4.57 Å². The Kier molecular flexibility index (Phi) is 3.17. The fraction of sp³-hybridized carbons (Fsp3) is 0.222. The van der Waals surface area contributed by atoms with E-state index in [9.17, 15) is 0 Å². The lowest BCUT2D eigenvalue weighted by Gasteiger charge is -1.93. The second-order valence-electron chi connectivity index (χ2n) is 2.23. The molecule has 0 aliphatic rings. The molecule has 0 aromatic carbocycles. The topological polar surface area (TPSA) is 3.88 Å². The monoisotopic (exact) mass is 166 g/mol. The summed E-state index contributed by atoms with van der Waals surface area (Å²) in [6.45, 7) is 4.57. The summed E-state index contributed by atoms with van der Waals surface area (Å²) in [5.41, 5.74) is 0. The van der Waals surface area contributed by atoms with Gasteiger partial charge in [0.05, 0.1) is 4.90 Å². The SMILES string of the molecule is C=CC[n+]1cccc(SC)c1. The summed E-state index contributed by atoms with van der Waals surface area (Å²) in [5.74, 6) is 0. The average molecular weight is 166 g/mol. The van der Waals surface area contributed by atoms with E-state index in [-0.39, 0.29) is 0 Å². The number of rotatable bonds is 3. The minimum absolute atomic E-state index is 0.883. The van der Waals surface area contributed by atoms with Gasteiger partial charge >= 0.3 is 0 Å². The number of thioether (sulfide) groups is 1. The van der Waals surface area contributed by atoms with E-state index in [1.54, 1.807) is 11.8 Å². The maximum absolute atomic E-state index is 3.68. The van der Waals surface area contributed by atoms with E-state index in [4.69, 9.17) is 0 Å². The molecule has 0 saturated carbocycles. The Morgan fingerprint density at radius 1 is 1.73 bits per heavy atom. The molecule has 1 aromatic heterocycles. The van der Waals surface area contributed by atoms with E-state index in [1.165, 1.54) is 4.90 Å². The largest absolute Gasteiger partial charge is 0.200 e. The van der Waals surface area contributed by atoms with E-state index in [0.717, 1.165) is 6.54 Å². The van der Waals surface area contributed by atoms with Crippen molar-refractivity contribution in [2.24, 2.45) is 0 Å². The summed E-state index contributed by atoms with van der Waals surface area (Å²) in [6.07, 6.45) is 8.13. The van der Waals surface area contributed by atoms with Crippen LogP contribution in [0.4, 0.5) is 0 Å². The van der Waals surface area contributed by atoms with Crippen LogP contribution in [0.1, 0.15) is 0 Å². The van der Waals surface area contributed by atoms with Crippen molar-refractivity contribution < 1.29 is 4.57 Å².